The van der Waals surface area contributed by atoms with Gasteiger partial charge in [0.15, 0.2) is 11.6 Å². The molecule has 3 rings (SSSR count). The van der Waals surface area contributed by atoms with Crippen LogP contribution in [0.5, 0.6) is 5.75 Å². The summed E-state index contributed by atoms with van der Waals surface area (Å²) in [5.74, 6) is -2.62. The van der Waals surface area contributed by atoms with Gasteiger partial charge in [0.1, 0.15) is 11.6 Å². The van der Waals surface area contributed by atoms with E-state index in [9.17, 15) is 18.4 Å². The summed E-state index contributed by atoms with van der Waals surface area (Å²) >= 11 is 0. The van der Waals surface area contributed by atoms with Gasteiger partial charge in [-0.2, -0.15) is 0 Å². The van der Waals surface area contributed by atoms with Crippen LogP contribution in [0.2, 0.25) is 0 Å². The third kappa shape index (κ3) is 4.59. The average molecular weight is 461 g/mol. The lowest BCUT2D eigenvalue weighted by atomic mass is 10.0. The summed E-state index contributed by atoms with van der Waals surface area (Å²) in [6, 6.07) is 7.09. The van der Waals surface area contributed by atoms with Crippen LogP contribution in [0, 0.1) is 30.3 Å². The second-order valence-electron chi connectivity index (χ2n) is 8.17. The molecule has 2 N–H and O–H groups in total. The number of benzene rings is 2. The molecule has 0 radical (unpaired) electrons. The van der Waals surface area contributed by atoms with Gasteiger partial charge >= 0.3 is 5.69 Å². The first-order valence-corrected chi connectivity index (χ1v) is 10.4. The fourth-order valence-corrected chi connectivity index (χ4v) is 3.58. The second-order valence-corrected chi connectivity index (χ2v) is 8.17. The van der Waals surface area contributed by atoms with Gasteiger partial charge in [0.05, 0.1) is 19.2 Å². The molecule has 33 heavy (non-hydrogen) atoms. The van der Waals surface area contributed by atoms with E-state index in [4.69, 9.17) is 10.5 Å². The predicted molar refractivity (Wildman–Crippen MR) is 120 cm³/mol. The van der Waals surface area contributed by atoms with Crippen LogP contribution in [-0.2, 0) is 13.1 Å². The van der Waals surface area contributed by atoms with Crippen LogP contribution in [0.1, 0.15) is 25.1 Å². The molecule has 9 heteroatoms. The normalized spacial score (nSPS) is 12.3. The molecule has 176 valence electrons. The third-order valence-corrected chi connectivity index (χ3v) is 5.77. The Bertz CT molecular complexity index is 1280. The maximum atomic E-state index is 15.1. The summed E-state index contributed by atoms with van der Waals surface area (Å²) in [7, 11) is 1.29. The molecule has 0 aliphatic heterocycles. The number of aromatic nitrogens is 2. The van der Waals surface area contributed by atoms with Crippen LogP contribution in [-0.4, -0.2) is 22.3 Å². The number of nitrogens with two attached hydrogens (primary N) is 1. The van der Waals surface area contributed by atoms with E-state index in [1.165, 1.54) is 38.3 Å². The van der Waals surface area contributed by atoms with E-state index in [1.54, 1.807) is 0 Å². The van der Waals surface area contributed by atoms with Crippen molar-refractivity contribution >= 4 is 0 Å². The van der Waals surface area contributed by atoms with Crippen LogP contribution in [0.15, 0.2) is 46.0 Å². The van der Waals surface area contributed by atoms with Crippen LogP contribution < -0.4 is 21.7 Å². The number of rotatable bonds is 7. The van der Waals surface area contributed by atoms with Crippen molar-refractivity contribution in [2.24, 2.45) is 11.7 Å². The van der Waals surface area contributed by atoms with E-state index < -0.39 is 41.3 Å². The minimum absolute atomic E-state index is 0.0629. The fourth-order valence-electron chi connectivity index (χ4n) is 3.58. The van der Waals surface area contributed by atoms with Crippen molar-refractivity contribution in [3.63, 3.8) is 0 Å². The standard InChI is InChI=1S/C24H26F3N3O3/c1-13(2)19(28)12-30-23(31)21(15-7-5-10-20(33-4)22(15)27)14(3)29(24(30)32)11-16-17(25)8-6-9-18(16)26/h5-10,13,19H,11-12,28H2,1-4H3/t19-/m0/s1. The van der Waals surface area contributed by atoms with Crippen molar-refractivity contribution < 1.29 is 17.9 Å². The molecule has 0 aliphatic carbocycles. The zero-order chi connectivity index (χ0) is 24.4. The van der Waals surface area contributed by atoms with Gasteiger partial charge in [-0.15, -0.1) is 0 Å². The van der Waals surface area contributed by atoms with E-state index in [0.717, 1.165) is 21.3 Å². The number of methoxy groups -OCH3 is 1. The van der Waals surface area contributed by atoms with Gasteiger partial charge in [-0.05, 0) is 31.0 Å². The number of ether oxygens (including phenoxy) is 1. The Hall–Kier alpha value is -3.33. The maximum Gasteiger partial charge on any atom is 0.331 e. The first kappa shape index (κ1) is 24.3. The Morgan fingerprint density at radius 3 is 2.18 bits per heavy atom. The summed E-state index contributed by atoms with van der Waals surface area (Å²) in [5.41, 5.74) is 4.10. The molecule has 0 aliphatic rings. The van der Waals surface area contributed by atoms with Crippen molar-refractivity contribution in [1.82, 2.24) is 9.13 Å². The number of nitrogens with zero attached hydrogens (tertiary/aromatic N) is 2. The molecule has 1 atom stereocenters. The van der Waals surface area contributed by atoms with Crippen LogP contribution in [0.4, 0.5) is 13.2 Å². The number of hydrogen-bond donors (Lipinski definition) is 1. The summed E-state index contributed by atoms with van der Waals surface area (Å²) < 4.78 is 50.8. The summed E-state index contributed by atoms with van der Waals surface area (Å²) in [6.45, 7) is 4.47. The van der Waals surface area contributed by atoms with Crippen molar-refractivity contribution in [2.75, 3.05) is 7.11 Å². The highest BCUT2D eigenvalue weighted by Crippen LogP contribution is 2.29. The zero-order valence-electron chi connectivity index (χ0n) is 18.9. The SMILES string of the molecule is COc1cccc(-c2c(C)n(Cc3c(F)cccc3F)c(=O)n(C[C@H](N)C(C)C)c2=O)c1F. The zero-order valence-corrected chi connectivity index (χ0v) is 18.9. The molecule has 0 bridgehead atoms. The first-order valence-electron chi connectivity index (χ1n) is 10.4. The lowest BCUT2D eigenvalue weighted by molar-refractivity contribution is 0.387. The van der Waals surface area contributed by atoms with Crippen molar-refractivity contribution in [3.8, 4) is 16.9 Å². The van der Waals surface area contributed by atoms with Crippen LogP contribution >= 0.6 is 0 Å². The molecule has 2 aromatic carbocycles. The fraction of sp³-hybridized carbons (Fsp3) is 0.333. The van der Waals surface area contributed by atoms with Gasteiger partial charge in [-0.3, -0.25) is 13.9 Å². The lowest BCUT2D eigenvalue weighted by Crippen LogP contribution is -2.47. The largest absolute Gasteiger partial charge is 0.494 e. The topological polar surface area (TPSA) is 79.2 Å². The minimum atomic E-state index is -0.841. The van der Waals surface area contributed by atoms with Crippen LogP contribution in [0.3, 0.4) is 0 Å². The molecule has 0 unspecified atom stereocenters. The molecular formula is C24H26F3N3O3. The minimum Gasteiger partial charge on any atom is -0.494 e. The smallest absolute Gasteiger partial charge is 0.331 e. The van der Waals surface area contributed by atoms with Gasteiger partial charge < -0.3 is 10.5 Å². The Balaban J connectivity index is 2.35. The van der Waals surface area contributed by atoms with Gasteiger partial charge in [0.2, 0.25) is 0 Å². The highest BCUT2D eigenvalue weighted by molar-refractivity contribution is 5.67. The van der Waals surface area contributed by atoms with E-state index >= 15 is 4.39 Å². The molecular weight excluding hydrogens is 435 g/mol. The molecule has 0 amide bonds. The maximum absolute atomic E-state index is 15.1. The number of halogens is 3. The van der Waals surface area contributed by atoms with Crippen LogP contribution in [0.25, 0.3) is 11.1 Å². The first-order chi connectivity index (χ1) is 15.6. The Morgan fingerprint density at radius 1 is 1.00 bits per heavy atom. The van der Waals surface area contributed by atoms with E-state index in [0.29, 0.717) is 0 Å². The molecule has 1 heterocycles. The quantitative estimate of drug-likeness (QED) is 0.585. The summed E-state index contributed by atoms with van der Waals surface area (Å²) in [6.07, 6.45) is 0. The monoisotopic (exact) mass is 461 g/mol. The Labute approximate surface area is 189 Å². The van der Waals surface area contributed by atoms with Gasteiger partial charge in [-0.25, -0.2) is 18.0 Å². The Morgan fingerprint density at radius 2 is 1.61 bits per heavy atom. The molecule has 3 aromatic rings. The summed E-state index contributed by atoms with van der Waals surface area (Å²) in [4.78, 5) is 26.7. The average Bonchev–Trinajstić information content (AvgIpc) is 2.76. The highest BCUT2D eigenvalue weighted by atomic mass is 19.1. The summed E-state index contributed by atoms with van der Waals surface area (Å²) in [5, 5.41) is 0. The van der Waals surface area contributed by atoms with Gasteiger partial charge in [-0.1, -0.05) is 32.0 Å². The van der Waals surface area contributed by atoms with Gasteiger partial charge in [0.25, 0.3) is 5.56 Å². The van der Waals surface area contributed by atoms with E-state index in [1.807, 2.05) is 13.8 Å². The molecule has 0 saturated carbocycles. The van der Waals surface area contributed by atoms with E-state index in [2.05, 4.69) is 0 Å². The second kappa shape index (κ2) is 9.66. The van der Waals surface area contributed by atoms with Crippen molar-refractivity contribution in [3.05, 3.63) is 85.9 Å². The number of hydrogen-bond acceptors (Lipinski definition) is 4. The van der Waals surface area contributed by atoms with Crippen molar-refractivity contribution in [2.45, 2.75) is 39.9 Å². The third-order valence-electron chi connectivity index (χ3n) is 5.77. The molecule has 0 saturated heterocycles. The molecule has 6 nitrogen and oxygen atoms in total. The highest BCUT2D eigenvalue weighted by Gasteiger charge is 2.24. The molecule has 0 fully saturated rings. The lowest BCUT2D eigenvalue weighted by Gasteiger charge is -2.21. The van der Waals surface area contributed by atoms with Crippen molar-refractivity contribution in [1.29, 1.82) is 0 Å². The molecule has 1 aromatic heterocycles. The Kier molecular flexibility index (Phi) is 7.12. The van der Waals surface area contributed by atoms with Gasteiger partial charge in [0, 0.05) is 29.4 Å². The predicted octanol–water partition coefficient (Wildman–Crippen LogP) is 3.44. The van der Waals surface area contributed by atoms with E-state index in [-0.39, 0.29) is 40.6 Å². The molecule has 0 spiro atoms.